The molecule has 174 valence electrons. The molecule has 1 aliphatic rings. The third-order valence-electron chi connectivity index (χ3n) is 6.59. The van der Waals surface area contributed by atoms with Gasteiger partial charge in [0.05, 0.1) is 7.11 Å². The number of benzene rings is 2. The molecule has 2 aromatic rings. The number of carbonyl (C=O) groups is 1. The first kappa shape index (κ1) is 24.3. The van der Waals surface area contributed by atoms with E-state index >= 15 is 0 Å². The second kappa shape index (κ2) is 11.0. The van der Waals surface area contributed by atoms with Gasteiger partial charge in [0.1, 0.15) is 38.5 Å². The summed E-state index contributed by atoms with van der Waals surface area (Å²) in [5, 5.41) is 3.28. The van der Waals surface area contributed by atoms with Crippen LogP contribution in [0.15, 0.2) is 36.4 Å². The number of carbonyl (C=O) groups excluding carboxylic acids is 1. The summed E-state index contributed by atoms with van der Waals surface area (Å²) in [4.78, 5) is 15.9. The maximum Gasteiger partial charge on any atom is 0.279 e. The summed E-state index contributed by atoms with van der Waals surface area (Å²) in [6.45, 7) is 16.5. The van der Waals surface area contributed by atoms with Gasteiger partial charge in [-0.1, -0.05) is 57.5 Å². The van der Waals surface area contributed by atoms with E-state index in [1.165, 1.54) is 27.2 Å². The van der Waals surface area contributed by atoms with Crippen molar-refractivity contribution in [1.82, 2.24) is 0 Å². The lowest BCUT2D eigenvalue weighted by molar-refractivity contribution is -1.02. The third-order valence-corrected chi connectivity index (χ3v) is 6.59. The molecule has 1 fully saturated rings. The number of ether oxygens (including phenoxy) is 1. The molecule has 0 saturated carbocycles. The molecule has 3 N–H and O–H groups in total. The van der Waals surface area contributed by atoms with E-state index < -0.39 is 0 Å². The highest BCUT2D eigenvalue weighted by Gasteiger charge is 2.26. The molecule has 0 unspecified atom stereocenters. The van der Waals surface area contributed by atoms with Gasteiger partial charge >= 0.3 is 0 Å². The van der Waals surface area contributed by atoms with Crippen LogP contribution in [0.25, 0.3) is 0 Å². The summed E-state index contributed by atoms with van der Waals surface area (Å²) in [6.07, 6.45) is 0. The standard InChI is InChI=1S/C27H39N3O2/c1-19(2)23-8-7-9-24(20(3)4)27(23)28-26(31)18-30-14-12-29(13-15-30)17-22-16-21(5)10-11-25(22)32-6/h7-11,16,19-20H,12-15,17-18H2,1-6H3,(H,28,31)/p+2. The van der Waals surface area contributed by atoms with E-state index in [0.29, 0.717) is 18.4 Å². The Bertz CT molecular complexity index is 889. The average Bonchev–Trinajstić information content (AvgIpc) is 2.75. The lowest BCUT2D eigenvalue weighted by Crippen LogP contribution is -3.28. The summed E-state index contributed by atoms with van der Waals surface area (Å²) in [6, 6.07) is 12.8. The van der Waals surface area contributed by atoms with Crippen molar-refractivity contribution in [2.24, 2.45) is 0 Å². The number of para-hydroxylation sites is 1. The lowest BCUT2D eigenvalue weighted by Gasteiger charge is -2.30. The molecule has 0 radical (unpaired) electrons. The minimum atomic E-state index is 0.124. The Morgan fingerprint density at radius 2 is 1.56 bits per heavy atom. The molecule has 1 aliphatic heterocycles. The van der Waals surface area contributed by atoms with Gasteiger partial charge in [0, 0.05) is 11.3 Å². The van der Waals surface area contributed by atoms with E-state index in [1.54, 1.807) is 12.0 Å². The summed E-state index contributed by atoms with van der Waals surface area (Å²) >= 11 is 0. The minimum absolute atomic E-state index is 0.124. The SMILES string of the molecule is COc1ccc(C)cc1C[NH+]1CC[NH+](CC(=O)Nc2c(C(C)C)cccc2C(C)C)CC1. The van der Waals surface area contributed by atoms with E-state index in [1.807, 2.05) is 0 Å². The van der Waals surface area contributed by atoms with Crippen molar-refractivity contribution in [3.63, 3.8) is 0 Å². The number of piperazine rings is 1. The van der Waals surface area contributed by atoms with Crippen LogP contribution in [0.4, 0.5) is 5.69 Å². The topological polar surface area (TPSA) is 47.2 Å². The molecule has 5 heteroatoms. The van der Waals surface area contributed by atoms with Gasteiger partial charge in [0.25, 0.3) is 5.91 Å². The monoisotopic (exact) mass is 439 g/mol. The second-order valence-electron chi connectivity index (χ2n) is 9.84. The number of nitrogens with one attached hydrogen (secondary N) is 3. The predicted octanol–water partition coefficient (Wildman–Crippen LogP) is 2.17. The van der Waals surface area contributed by atoms with Gasteiger partial charge in [-0.05, 0) is 42.0 Å². The first-order valence-corrected chi connectivity index (χ1v) is 12.0. The number of rotatable bonds is 8. The number of methoxy groups -OCH3 is 1. The molecule has 0 aromatic heterocycles. The zero-order chi connectivity index (χ0) is 23.3. The summed E-state index contributed by atoms with van der Waals surface area (Å²) < 4.78 is 5.55. The Balaban J connectivity index is 1.57. The molecule has 0 bridgehead atoms. The Hall–Kier alpha value is -2.37. The Morgan fingerprint density at radius 3 is 2.12 bits per heavy atom. The number of anilines is 1. The van der Waals surface area contributed by atoms with Gasteiger partial charge in [0.2, 0.25) is 0 Å². The van der Waals surface area contributed by atoms with E-state index in [0.717, 1.165) is 44.2 Å². The van der Waals surface area contributed by atoms with Crippen LogP contribution < -0.4 is 19.9 Å². The van der Waals surface area contributed by atoms with Crippen LogP contribution in [0, 0.1) is 6.92 Å². The first-order valence-electron chi connectivity index (χ1n) is 12.0. The number of hydrogen-bond acceptors (Lipinski definition) is 2. The zero-order valence-electron chi connectivity index (χ0n) is 20.7. The fraction of sp³-hybridized carbons (Fsp3) is 0.519. The summed E-state index contributed by atoms with van der Waals surface area (Å²) in [5.41, 5.74) is 6.01. The number of amides is 1. The van der Waals surface area contributed by atoms with Gasteiger partial charge in [-0.25, -0.2) is 0 Å². The highest BCUT2D eigenvalue weighted by Crippen LogP contribution is 2.32. The molecule has 32 heavy (non-hydrogen) atoms. The Kier molecular flexibility index (Phi) is 8.32. The van der Waals surface area contributed by atoms with Crippen molar-refractivity contribution < 1.29 is 19.3 Å². The minimum Gasteiger partial charge on any atom is -0.496 e. The lowest BCUT2D eigenvalue weighted by atomic mass is 9.92. The van der Waals surface area contributed by atoms with E-state index in [4.69, 9.17) is 4.74 Å². The number of aryl methyl sites for hydroxylation is 1. The van der Waals surface area contributed by atoms with Crippen LogP contribution in [0.1, 0.15) is 61.8 Å². The van der Waals surface area contributed by atoms with Crippen LogP contribution in [0.5, 0.6) is 5.75 Å². The van der Waals surface area contributed by atoms with Crippen molar-refractivity contribution in [2.45, 2.75) is 53.0 Å². The van der Waals surface area contributed by atoms with Gasteiger partial charge in [0.15, 0.2) is 6.54 Å². The quantitative estimate of drug-likeness (QED) is 0.590. The fourth-order valence-electron chi connectivity index (χ4n) is 4.73. The fourth-order valence-corrected chi connectivity index (χ4v) is 4.73. The first-order chi connectivity index (χ1) is 15.3. The predicted molar refractivity (Wildman–Crippen MR) is 131 cm³/mol. The third kappa shape index (κ3) is 6.11. The second-order valence-corrected chi connectivity index (χ2v) is 9.84. The molecule has 1 heterocycles. The maximum atomic E-state index is 13.0. The molecule has 1 saturated heterocycles. The zero-order valence-corrected chi connectivity index (χ0v) is 20.7. The number of hydrogen-bond donors (Lipinski definition) is 3. The van der Waals surface area contributed by atoms with Crippen molar-refractivity contribution in [3.05, 3.63) is 58.7 Å². The molecule has 2 aromatic carbocycles. The molecule has 0 aliphatic carbocycles. The van der Waals surface area contributed by atoms with E-state index in [2.05, 4.69) is 76.3 Å². The van der Waals surface area contributed by atoms with E-state index in [-0.39, 0.29) is 5.91 Å². The van der Waals surface area contributed by atoms with Crippen molar-refractivity contribution in [3.8, 4) is 5.75 Å². The normalized spacial score (nSPS) is 18.8. The molecule has 0 spiro atoms. The van der Waals surface area contributed by atoms with E-state index in [9.17, 15) is 4.79 Å². The summed E-state index contributed by atoms with van der Waals surface area (Å²) in [5.74, 6) is 1.85. The van der Waals surface area contributed by atoms with Crippen molar-refractivity contribution in [2.75, 3.05) is 45.2 Å². The van der Waals surface area contributed by atoms with Crippen LogP contribution in [0.3, 0.4) is 0 Å². The summed E-state index contributed by atoms with van der Waals surface area (Å²) in [7, 11) is 1.74. The Labute approximate surface area is 193 Å². The molecule has 0 atom stereocenters. The van der Waals surface area contributed by atoms with Crippen LogP contribution in [-0.2, 0) is 11.3 Å². The van der Waals surface area contributed by atoms with Gasteiger partial charge in [-0.3, -0.25) is 4.79 Å². The average molecular weight is 440 g/mol. The van der Waals surface area contributed by atoms with Crippen molar-refractivity contribution >= 4 is 11.6 Å². The molecule has 1 amide bonds. The Morgan fingerprint density at radius 1 is 0.969 bits per heavy atom. The molecular weight excluding hydrogens is 398 g/mol. The number of quaternary nitrogens is 2. The highest BCUT2D eigenvalue weighted by atomic mass is 16.5. The van der Waals surface area contributed by atoms with Gasteiger partial charge < -0.3 is 19.9 Å². The van der Waals surface area contributed by atoms with Crippen molar-refractivity contribution in [1.29, 1.82) is 0 Å². The van der Waals surface area contributed by atoms with Gasteiger partial charge in [-0.15, -0.1) is 0 Å². The molecule has 3 rings (SSSR count). The van der Waals surface area contributed by atoms with Crippen LogP contribution in [-0.4, -0.2) is 45.7 Å². The molecular formula is C27H41N3O2+2. The van der Waals surface area contributed by atoms with Crippen LogP contribution >= 0.6 is 0 Å². The van der Waals surface area contributed by atoms with Crippen LogP contribution in [0.2, 0.25) is 0 Å². The largest absolute Gasteiger partial charge is 0.496 e. The highest BCUT2D eigenvalue weighted by molar-refractivity contribution is 5.93. The van der Waals surface area contributed by atoms with Gasteiger partial charge in [-0.2, -0.15) is 0 Å². The maximum absolute atomic E-state index is 13.0. The smallest absolute Gasteiger partial charge is 0.279 e. The molecule has 5 nitrogen and oxygen atoms in total.